The van der Waals surface area contributed by atoms with Gasteiger partial charge in [-0.05, 0) is 30.7 Å². The van der Waals surface area contributed by atoms with Crippen molar-refractivity contribution in [3.63, 3.8) is 0 Å². The Morgan fingerprint density at radius 2 is 2.12 bits per heavy atom. The minimum absolute atomic E-state index is 0.00247. The van der Waals surface area contributed by atoms with E-state index in [9.17, 15) is 4.79 Å². The van der Waals surface area contributed by atoms with E-state index in [0.717, 1.165) is 16.8 Å². The smallest absolute Gasteiger partial charge is 0.272 e. The molecule has 1 atom stereocenters. The molecule has 0 spiro atoms. The van der Waals surface area contributed by atoms with E-state index in [1.807, 2.05) is 24.3 Å². The first-order valence-corrected chi connectivity index (χ1v) is 6.33. The van der Waals surface area contributed by atoms with E-state index in [-0.39, 0.29) is 5.56 Å². The number of thiol groups is 1. The summed E-state index contributed by atoms with van der Waals surface area (Å²) in [5.41, 5.74) is 2.32. The quantitative estimate of drug-likeness (QED) is 0.846. The Balaban J connectivity index is 2.66. The standard InChI is InChI=1S/C13H16N2OS/c1-9(8-17)7-15-12-6-4-3-5-11(12)14-10(2)13(15)16/h3-6,9,17H,7-8H2,1-2H3. The molecule has 2 rings (SSSR count). The van der Waals surface area contributed by atoms with Crippen molar-refractivity contribution in [1.82, 2.24) is 9.55 Å². The highest BCUT2D eigenvalue weighted by atomic mass is 32.1. The van der Waals surface area contributed by atoms with Crippen LogP contribution in [0.2, 0.25) is 0 Å². The molecule has 0 fully saturated rings. The van der Waals surface area contributed by atoms with Crippen molar-refractivity contribution in [2.45, 2.75) is 20.4 Å². The van der Waals surface area contributed by atoms with E-state index in [1.165, 1.54) is 0 Å². The number of rotatable bonds is 3. The summed E-state index contributed by atoms with van der Waals surface area (Å²) in [6, 6.07) is 7.74. The van der Waals surface area contributed by atoms with Crippen LogP contribution in [0.25, 0.3) is 11.0 Å². The number of benzene rings is 1. The number of hydrogen-bond donors (Lipinski definition) is 1. The van der Waals surface area contributed by atoms with Gasteiger partial charge in [0.2, 0.25) is 0 Å². The second-order valence-corrected chi connectivity index (χ2v) is 4.75. The van der Waals surface area contributed by atoms with Crippen molar-refractivity contribution in [3.8, 4) is 0 Å². The Hall–Kier alpha value is -1.29. The highest BCUT2D eigenvalue weighted by Crippen LogP contribution is 2.12. The van der Waals surface area contributed by atoms with E-state index in [4.69, 9.17) is 0 Å². The molecule has 0 aliphatic rings. The minimum Gasteiger partial charge on any atom is -0.305 e. The van der Waals surface area contributed by atoms with Crippen molar-refractivity contribution < 1.29 is 0 Å². The van der Waals surface area contributed by atoms with Crippen LogP contribution in [0.3, 0.4) is 0 Å². The summed E-state index contributed by atoms with van der Waals surface area (Å²) in [5, 5.41) is 0. The van der Waals surface area contributed by atoms with Crippen LogP contribution in [0, 0.1) is 12.8 Å². The van der Waals surface area contributed by atoms with E-state index in [2.05, 4.69) is 24.5 Å². The summed E-state index contributed by atoms with van der Waals surface area (Å²) < 4.78 is 1.80. The van der Waals surface area contributed by atoms with Crippen LogP contribution in [0.4, 0.5) is 0 Å². The molecule has 2 aromatic rings. The Labute approximate surface area is 106 Å². The molecule has 1 aromatic heterocycles. The van der Waals surface area contributed by atoms with Gasteiger partial charge in [0.25, 0.3) is 5.56 Å². The molecule has 17 heavy (non-hydrogen) atoms. The van der Waals surface area contributed by atoms with Gasteiger partial charge in [0, 0.05) is 6.54 Å². The zero-order valence-corrected chi connectivity index (χ0v) is 10.9. The lowest BCUT2D eigenvalue weighted by Gasteiger charge is -2.14. The molecule has 1 aromatic carbocycles. The fourth-order valence-electron chi connectivity index (χ4n) is 1.87. The normalized spacial score (nSPS) is 12.9. The molecule has 0 saturated heterocycles. The van der Waals surface area contributed by atoms with Crippen LogP contribution in [-0.2, 0) is 6.54 Å². The van der Waals surface area contributed by atoms with Crippen molar-refractivity contribution in [3.05, 3.63) is 40.3 Å². The lowest BCUT2D eigenvalue weighted by atomic mass is 10.2. The van der Waals surface area contributed by atoms with Gasteiger partial charge in [0.05, 0.1) is 11.0 Å². The first kappa shape index (κ1) is 12.2. The van der Waals surface area contributed by atoms with E-state index in [0.29, 0.717) is 18.2 Å². The first-order valence-electron chi connectivity index (χ1n) is 5.70. The van der Waals surface area contributed by atoms with Crippen molar-refractivity contribution in [1.29, 1.82) is 0 Å². The van der Waals surface area contributed by atoms with E-state index >= 15 is 0 Å². The fourth-order valence-corrected chi connectivity index (χ4v) is 1.99. The number of hydrogen-bond acceptors (Lipinski definition) is 3. The van der Waals surface area contributed by atoms with Gasteiger partial charge in [-0.2, -0.15) is 12.6 Å². The molecule has 0 radical (unpaired) electrons. The molecule has 1 unspecified atom stereocenters. The SMILES string of the molecule is Cc1nc2ccccc2n(CC(C)CS)c1=O. The number of aryl methyl sites for hydroxylation is 1. The Bertz CT molecular complexity index is 591. The van der Waals surface area contributed by atoms with Crippen LogP contribution in [-0.4, -0.2) is 15.3 Å². The van der Waals surface area contributed by atoms with Gasteiger partial charge < -0.3 is 4.57 Å². The molecule has 0 N–H and O–H groups in total. The summed E-state index contributed by atoms with van der Waals surface area (Å²) in [5.74, 6) is 1.13. The zero-order valence-electron chi connectivity index (χ0n) is 10.1. The zero-order chi connectivity index (χ0) is 12.4. The highest BCUT2D eigenvalue weighted by molar-refractivity contribution is 7.80. The molecule has 0 saturated carbocycles. The number of aromatic nitrogens is 2. The Kier molecular flexibility index (Phi) is 3.52. The van der Waals surface area contributed by atoms with Crippen LogP contribution in [0.5, 0.6) is 0 Å². The number of fused-ring (bicyclic) bond motifs is 1. The van der Waals surface area contributed by atoms with Crippen molar-refractivity contribution in [2.75, 3.05) is 5.75 Å². The van der Waals surface area contributed by atoms with Gasteiger partial charge >= 0.3 is 0 Å². The molecule has 0 aliphatic carbocycles. The van der Waals surface area contributed by atoms with Gasteiger partial charge in [0.1, 0.15) is 5.69 Å². The molecule has 90 valence electrons. The Morgan fingerprint density at radius 1 is 1.41 bits per heavy atom. The first-order chi connectivity index (χ1) is 8.13. The van der Waals surface area contributed by atoms with Crippen molar-refractivity contribution >= 4 is 23.7 Å². The van der Waals surface area contributed by atoms with Gasteiger partial charge in [-0.15, -0.1) is 0 Å². The maximum Gasteiger partial charge on any atom is 0.272 e. The van der Waals surface area contributed by atoms with Crippen LogP contribution in [0.15, 0.2) is 29.1 Å². The van der Waals surface area contributed by atoms with Gasteiger partial charge in [0.15, 0.2) is 0 Å². The maximum atomic E-state index is 12.1. The average molecular weight is 248 g/mol. The number of para-hydroxylation sites is 2. The highest BCUT2D eigenvalue weighted by Gasteiger charge is 2.09. The molecule has 1 heterocycles. The summed E-state index contributed by atoms with van der Waals surface area (Å²) >= 11 is 4.27. The van der Waals surface area contributed by atoms with E-state index < -0.39 is 0 Å². The molecule has 4 heteroatoms. The fraction of sp³-hybridized carbons (Fsp3) is 0.385. The third kappa shape index (κ3) is 2.36. The Morgan fingerprint density at radius 3 is 2.82 bits per heavy atom. The van der Waals surface area contributed by atoms with Crippen LogP contribution < -0.4 is 5.56 Å². The summed E-state index contributed by atoms with van der Waals surface area (Å²) in [6.45, 7) is 4.53. The average Bonchev–Trinajstić information content (AvgIpc) is 2.34. The van der Waals surface area contributed by atoms with Gasteiger partial charge in [-0.3, -0.25) is 4.79 Å². The molecular weight excluding hydrogens is 232 g/mol. The third-order valence-corrected chi connectivity index (χ3v) is 3.44. The maximum absolute atomic E-state index is 12.1. The molecule has 0 amide bonds. The summed E-state index contributed by atoms with van der Waals surface area (Å²) in [7, 11) is 0. The predicted molar refractivity (Wildman–Crippen MR) is 73.8 cm³/mol. The topological polar surface area (TPSA) is 34.9 Å². The largest absolute Gasteiger partial charge is 0.305 e. The molecule has 0 aliphatic heterocycles. The predicted octanol–water partition coefficient (Wildman–Crippen LogP) is 2.27. The second-order valence-electron chi connectivity index (χ2n) is 4.39. The van der Waals surface area contributed by atoms with Crippen molar-refractivity contribution in [2.24, 2.45) is 5.92 Å². The monoisotopic (exact) mass is 248 g/mol. The second kappa shape index (κ2) is 4.92. The minimum atomic E-state index is -0.00247. The van der Waals surface area contributed by atoms with Gasteiger partial charge in [-0.25, -0.2) is 4.98 Å². The lowest BCUT2D eigenvalue weighted by Crippen LogP contribution is -2.27. The van der Waals surface area contributed by atoms with Crippen LogP contribution >= 0.6 is 12.6 Å². The molecule has 3 nitrogen and oxygen atoms in total. The summed E-state index contributed by atoms with van der Waals surface area (Å²) in [6.07, 6.45) is 0. The lowest BCUT2D eigenvalue weighted by molar-refractivity contribution is 0.529. The molecular formula is C13H16N2OS. The van der Waals surface area contributed by atoms with Gasteiger partial charge in [-0.1, -0.05) is 19.1 Å². The molecule has 0 bridgehead atoms. The third-order valence-electron chi connectivity index (χ3n) is 2.82. The van der Waals surface area contributed by atoms with E-state index in [1.54, 1.807) is 11.5 Å². The van der Waals surface area contributed by atoms with Crippen LogP contribution in [0.1, 0.15) is 12.6 Å². The number of nitrogens with zero attached hydrogens (tertiary/aromatic N) is 2. The summed E-state index contributed by atoms with van der Waals surface area (Å²) in [4.78, 5) is 16.4.